The number of nitrogens with one attached hydrogen (secondary N) is 1. The first kappa shape index (κ1) is 16.2. The average molecular weight is 285 g/mol. The minimum atomic E-state index is -6.00. The molecule has 0 atom stereocenters. The van der Waals surface area contributed by atoms with Crippen molar-refractivity contribution in [3.05, 3.63) is 66.0 Å². The Labute approximate surface area is 115 Å². The predicted octanol–water partition coefficient (Wildman–Crippen LogP) is 3.98. The lowest BCUT2D eigenvalue weighted by Crippen LogP contribution is -2.02. The molecule has 0 unspecified atom stereocenters. The molecule has 0 bridgehead atoms. The Bertz CT molecular complexity index is 428. The summed E-state index contributed by atoms with van der Waals surface area (Å²) in [5.41, 5.74) is 2.84. The fourth-order valence-electron chi connectivity index (χ4n) is 1.73. The first-order valence-corrected chi connectivity index (χ1v) is 6.31. The second kappa shape index (κ2) is 8.35. The zero-order valence-corrected chi connectivity index (χ0v) is 10.9. The van der Waals surface area contributed by atoms with Crippen molar-refractivity contribution < 1.29 is 22.2 Å². The molecule has 0 fully saturated rings. The Morgan fingerprint density at radius 1 is 0.750 bits per heavy atom. The number of aromatic nitrogens is 1. The van der Waals surface area contributed by atoms with Crippen LogP contribution in [0.1, 0.15) is 17.5 Å². The molecule has 1 aromatic heterocycles. The number of aryl methyl sites for hydroxylation is 2. The van der Waals surface area contributed by atoms with Gasteiger partial charge in [-0.25, -0.2) is 4.98 Å². The van der Waals surface area contributed by atoms with E-state index < -0.39 is 7.25 Å². The largest absolute Gasteiger partial charge is 0.673 e. The monoisotopic (exact) mass is 285 g/mol. The zero-order chi connectivity index (χ0) is 14.8. The molecular formula is C14H16BF4N. The Morgan fingerprint density at radius 2 is 1.20 bits per heavy atom. The number of benzene rings is 1. The van der Waals surface area contributed by atoms with Crippen LogP contribution in [0.3, 0.4) is 0 Å². The van der Waals surface area contributed by atoms with Gasteiger partial charge < -0.3 is 17.3 Å². The summed E-state index contributed by atoms with van der Waals surface area (Å²) in [6, 6.07) is 14.9. The van der Waals surface area contributed by atoms with Gasteiger partial charge in [0.2, 0.25) is 0 Å². The predicted molar refractivity (Wildman–Crippen MR) is 71.7 cm³/mol. The highest BCUT2D eigenvalue weighted by molar-refractivity contribution is 6.50. The lowest BCUT2D eigenvalue weighted by Gasteiger charge is -2.00. The topological polar surface area (TPSA) is 14.1 Å². The van der Waals surface area contributed by atoms with Crippen molar-refractivity contribution >= 4 is 7.25 Å². The molecule has 1 heterocycles. The molecule has 1 N–H and O–H groups in total. The molecule has 0 spiro atoms. The molecule has 0 saturated heterocycles. The van der Waals surface area contributed by atoms with E-state index in [1.165, 1.54) is 24.0 Å². The number of pyridine rings is 1. The fourth-order valence-corrected chi connectivity index (χ4v) is 1.73. The van der Waals surface area contributed by atoms with Crippen LogP contribution in [0, 0.1) is 0 Å². The van der Waals surface area contributed by atoms with Crippen molar-refractivity contribution in [3.8, 4) is 0 Å². The van der Waals surface area contributed by atoms with Gasteiger partial charge in [0.1, 0.15) is 0 Å². The third-order valence-electron chi connectivity index (χ3n) is 2.56. The maximum atomic E-state index is 9.75. The van der Waals surface area contributed by atoms with E-state index in [0.29, 0.717) is 0 Å². The van der Waals surface area contributed by atoms with Crippen molar-refractivity contribution in [2.24, 2.45) is 0 Å². The van der Waals surface area contributed by atoms with Gasteiger partial charge in [-0.15, -0.1) is 0 Å². The first-order valence-electron chi connectivity index (χ1n) is 6.31. The summed E-state index contributed by atoms with van der Waals surface area (Å²) in [5, 5.41) is 0. The lowest BCUT2D eigenvalue weighted by molar-refractivity contribution is -0.378. The molecule has 20 heavy (non-hydrogen) atoms. The Kier molecular flexibility index (Phi) is 6.77. The normalized spacial score (nSPS) is 10.6. The minimum absolute atomic E-state index is 1.16. The van der Waals surface area contributed by atoms with Crippen molar-refractivity contribution in [1.29, 1.82) is 0 Å². The van der Waals surface area contributed by atoms with Crippen LogP contribution in [0.15, 0.2) is 54.9 Å². The SMILES string of the molecule is F[B-](F)(F)F.c1ccc(CCCc2cc[nH+]cc2)cc1. The quantitative estimate of drug-likeness (QED) is 0.596. The summed E-state index contributed by atoms with van der Waals surface area (Å²) in [4.78, 5) is 3.04. The van der Waals surface area contributed by atoms with Crippen LogP contribution in [-0.4, -0.2) is 7.25 Å². The van der Waals surface area contributed by atoms with Gasteiger partial charge in [-0.05, 0) is 30.4 Å². The average Bonchev–Trinajstić information content (AvgIpc) is 2.39. The summed E-state index contributed by atoms with van der Waals surface area (Å²) in [5.74, 6) is 0. The van der Waals surface area contributed by atoms with E-state index in [0.717, 1.165) is 6.42 Å². The van der Waals surface area contributed by atoms with E-state index >= 15 is 0 Å². The molecule has 2 rings (SSSR count). The third-order valence-corrected chi connectivity index (χ3v) is 2.56. The smallest absolute Gasteiger partial charge is 0.418 e. The fraction of sp³-hybridized carbons (Fsp3) is 0.214. The summed E-state index contributed by atoms with van der Waals surface area (Å²) < 4.78 is 39.0. The number of halogens is 4. The third kappa shape index (κ3) is 9.13. The van der Waals surface area contributed by atoms with Crippen LogP contribution in [0.5, 0.6) is 0 Å². The van der Waals surface area contributed by atoms with Gasteiger partial charge in [-0.2, -0.15) is 0 Å². The van der Waals surface area contributed by atoms with Gasteiger partial charge in [0.05, 0.1) is 0 Å². The number of hydrogen-bond donors (Lipinski definition) is 0. The molecule has 0 saturated carbocycles. The van der Waals surface area contributed by atoms with Crippen LogP contribution < -0.4 is 4.98 Å². The van der Waals surface area contributed by atoms with Gasteiger partial charge in [0.15, 0.2) is 12.4 Å². The van der Waals surface area contributed by atoms with Gasteiger partial charge >= 0.3 is 7.25 Å². The molecular weight excluding hydrogens is 269 g/mol. The maximum absolute atomic E-state index is 9.75. The van der Waals surface area contributed by atoms with Crippen LogP contribution >= 0.6 is 0 Å². The van der Waals surface area contributed by atoms with Crippen LogP contribution in [0.25, 0.3) is 0 Å². The van der Waals surface area contributed by atoms with Crippen molar-refractivity contribution in [1.82, 2.24) is 0 Å². The molecule has 1 aromatic carbocycles. The van der Waals surface area contributed by atoms with Crippen molar-refractivity contribution in [2.45, 2.75) is 19.3 Å². The summed E-state index contributed by atoms with van der Waals surface area (Å²) in [7, 11) is -6.00. The van der Waals surface area contributed by atoms with Crippen LogP contribution in [-0.2, 0) is 12.8 Å². The Morgan fingerprint density at radius 3 is 1.70 bits per heavy atom. The van der Waals surface area contributed by atoms with Gasteiger partial charge in [0.25, 0.3) is 0 Å². The number of aromatic amines is 1. The molecule has 0 aliphatic heterocycles. The lowest BCUT2D eigenvalue weighted by atomic mass is 10.1. The highest BCUT2D eigenvalue weighted by Gasteiger charge is 2.20. The first-order chi connectivity index (χ1) is 9.45. The molecule has 1 nitrogen and oxygen atoms in total. The second-order valence-electron chi connectivity index (χ2n) is 4.24. The van der Waals surface area contributed by atoms with Gasteiger partial charge in [0, 0.05) is 12.1 Å². The summed E-state index contributed by atoms with van der Waals surface area (Å²) >= 11 is 0. The van der Waals surface area contributed by atoms with Gasteiger partial charge in [-0.3, -0.25) is 0 Å². The number of rotatable bonds is 4. The Hall–Kier alpha value is -1.85. The van der Waals surface area contributed by atoms with E-state index in [1.54, 1.807) is 0 Å². The molecule has 0 aliphatic rings. The van der Waals surface area contributed by atoms with E-state index in [1.807, 2.05) is 12.4 Å². The van der Waals surface area contributed by atoms with E-state index in [4.69, 9.17) is 0 Å². The maximum Gasteiger partial charge on any atom is 0.673 e. The highest BCUT2D eigenvalue weighted by atomic mass is 19.5. The molecule has 0 amide bonds. The summed E-state index contributed by atoms with van der Waals surface area (Å²) in [6.45, 7) is 0. The zero-order valence-electron chi connectivity index (χ0n) is 10.9. The van der Waals surface area contributed by atoms with E-state index in [9.17, 15) is 17.3 Å². The number of H-pyrrole nitrogens is 1. The Balaban J connectivity index is 0.000000347. The highest BCUT2D eigenvalue weighted by Crippen LogP contribution is 2.07. The molecule has 108 valence electrons. The minimum Gasteiger partial charge on any atom is -0.418 e. The molecule has 2 aromatic rings. The van der Waals surface area contributed by atoms with Crippen molar-refractivity contribution in [3.63, 3.8) is 0 Å². The van der Waals surface area contributed by atoms with Crippen LogP contribution in [0.2, 0.25) is 0 Å². The van der Waals surface area contributed by atoms with E-state index in [-0.39, 0.29) is 0 Å². The van der Waals surface area contributed by atoms with Crippen molar-refractivity contribution in [2.75, 3.05) is 0 Å². The second-order valence-corrected chi connectivity index (χ2v) is 4.24. The standard InChI is InChI=1S/C14H15N.BF4/c1-2-5-13(6-3-1)7-4-8-14-9-11-15-12-10-14;2-1(3,4)5/h1-3,5-6,9-12H,4,7-8H2;/q;-1/p+1. The molecule has 6 heteroatoms. The number of hydrogen-bond acceptors (Lipinski definition) is 0. The van der Waals surface area contributed by atoms with Gasteiger partial charge in [-0.1, -0.05) is 30.3 Å². The summed E-state index contributed by atoms with van der Waals surface area (Å²) in [6.07, 6.45) is 7.51. The van der Waals surface area contributed by atoms with E-state index in [2.05, 4.69) is 47.4 Å². The molecule has 0 aliphatic carbocycles. The van der Waals surface area contributed by atoms with Crippen LogP contribution in [0.4, 0.5) is 17.3 Å². The molecule has 0 radical (unpaired) electrons.